The summed E-state index contributed by atoms with van der Waals surface area (Å²) < 4.78 is 26.8. The van der Waals surface area contributed by atoms with Gasteiger partial charge in [-0.2, -0.15) is 4.31 Å². The van der Waals surface area contributed by atoms with E-state index < -0.39 is 10.0 Å². The van der Waals surface area contributed by atoms with E-state index >= 15 is 0 Å². The van der Waals surface area contributed by atoms with Gasteiger partial charge in [-0.15, -0.1) is 0 Å². The van der Waals surface area contributed by atoms with Gasteiger partial charge in [0.05, 0.1) is 4.90 Å². The predicted octanol–water partition coefficient (Wildman–Crippen LogP) is 1.79. The zero-order valence-corrected chi connectivity index (χ0v) is 12.7. The first kappa shape index (κ1) is 14.5. The summed E-state index contributed by atoms with van der Waals surface area (Å²) in [6.07, 6.45) is 1.73. The smallest absolute Gasteiger partial charge is 0.243 e. The lowest BCUT2D eigenvalue weighted by atomic mass is 9.90. The summed E-state index contributed by atoms with van der Waals surface area (Å²) in [7, 11) is 0.377. The maximum absolute atomic E-state index is 12.6. The Bertz CT molecular complexity index is 520. The minimum Gasteiger partial charge on any atom is -0.306 e. The molecule has 0 spiro atoms. The molecule has 0 saturated carbocycles. The first-order valence-electron chi connectivity index (χ1n) is 6.59. The monoisotopic (exact) mass is 282 g/mol. The van der Waals surface area contributed by atoms with Crippen LogP contribution in [0.25, 0.3) is 0 Å². The summed E-state index contributed by atoms with van der Waals surface area (Å²) >= 11 is 0. The van der Waals surface area contributed by atoms with Crippen LogP contribution in [0.3, 0.4) is 0 Å². The van der Waals surface area contributed by atoms with Gasteiger partial charge in [0.2, 0.25) is 10.0 Å². The van der Waals surface area contributed by atoms with Gasteiger partial charge in [-0.3, -0.25) is 0 Å². The second kappa shape index (κ2) is 5.23. The van der Waals surface area contributed by atoms with Crippen molar-refractivity contribution in [2.75, 3.05) is 27.2 Å². The number of hydrogen-bond acceptors (Lipinski definition) is 3. The molecule has 1 aromatic rings. The van der Waals surface area contributed by atoms with E-state index in [1.54, 1.807) is 35.6 Å². The Morgan fingerprint density at radius 1 is 1.16 bits per heavy atom. The minimum atomic E-state index is -3.40. The Hall–Kier alpha value is -0.910. The maximum atomic E-state index is 12.6. The van der Waals surface area contributed by atoms with Crippen molar-refractivity contribution in [3.05, 3.63) is 30.3 Å². The fourth-order valence-corrected chi connectivity index (χ4v) is 4.04. The molecule has 0 aliphatic carbocycles. The van der Waals surface area contributed by atoms with Crippen LogP contribution in [0.2, 0.25) is 0 Å². The zero-order chi connectivity index (χ0) is 14.1. The van der Waals surface area contributed by atoms with E-state index in [0.29, 0.717) is 4.90 Å². The summed E-state index contributed by atoms with van der Waals surface area (Å²) in [4.78, 5) is 2.61. The molecule has 0 N–H and O–H groups in total. The highest BCUT2D eigenvalue weighted by atomic mass is 32.2. The van der Waals surface area contributed by atoms with E-state index in [1.165, 1.54) is 0 Å². The number of benzene rings is 1. The molecule has 1 fully saturated rings. The molecule has 1 heterocycles. The number of piperidine rings is 1. The van der Waals surface area contributed by atoms with Gasteiger partial charge in [0.15, 0.2) is 0 Å². The molecule has 1 saturated heterocycles. The molecule has 0 atom stereocenters. The van der Waals surface area contributed by atoms with Gasteiger partial charge < -0.3 is 4.90 Å². The Morgan fingerprint density at radius 2 is 1.68 bits per heavy atom. The first-order valence-corrected chi connectivity index (χ1v) is 8.03. The lowest BCUT2D eigenvalue weighted by Gasteiger charge is -2.43. The second-order valence-electron chi connectivity index (χ2n) is 5.59. The molecule has 106 valence electrons. The normalized spacial score (nSPS) is 20.6. The minimum absolute atomic E-state index is 0.290. The highest BCUT2D eigenvalue weighted by Crippen LogP contribution is 2.31. The number of likely N-dealkylation sites (tertiary alicyclic amines) is 1. The lowest BCUT2D eigenvalue weighted by Crippen LogP contribution is -2.53. The van der Waals surface area contributed by atoms with Gasteiger partial charge >= 0.3 is 0 Å². The molecule has 1 aliphatic rings. The molecule has 1 aromatic carbocycles. The van der Waals surface area contributed by atoms with E-state index in [4.69, 9.17) is 0 Å². The summed E-state index contributed by atoms with van der Waals surface area (Å²) in [6, 6.07) is 8.67. The quantitative estimate of drug-likeness (QED) is 0.848. The average Bonchev–Trinajstić information content (AvgIpc) is 2.42. The van der Waals surface area contributed by atoms with Gasteiger partial charge in [0, 0.05) is 12.6 Å². The molecule has 0 amide bonds. The molecular weight excluding hydrogens is 260 g/mol. The van der Waals surface area contributed by atoms with E-state index in [1.807, 2.05) is 13.0 Å². The second-order valence-corrected chi connectivity index (χ2v) is 7.56. The Labute approximate surface area is 116 Å². The summed E-state index contributed by atoms with van der Waals surface area (Å²) in [6.45, 7) is 3.91. The molecule has 0 aromatic heterocycles. The van der Waals surface area contributed by atoms with Crippen molar-refractivity contribution >= 4 is 10.0 Å². The Morgan fingerprint density at radius 3 is 2.21 bits per heavy atom. The van der Waals surface area contributed by atoms with Crippen molar-refractivity contribution in [3.8, 4) is 0 Å². The maximum Gasteiger partial charge on any atom is 0.243 e. The third-order valence-corrected chi connectivity index (χ3v) is 6.26. The highest BCUT2D eigenvalue weighted by Gasteiger charge is 2.39. The Balaban J connectivity index is 2.26. The molecule has 0 radical (unpaired) electrons. The highest BCUT2D eigenvalue weighted by molar-refractivity contribution is 7.89. The van der Waals surface area contributed by atoms with E-state index in [0.717, 1.165) is 25.9 Å². The molecule has 5 heteroatoms. The van der Waals surface area contributed by atoms with Crippen LogP contribution in [0.15, 0.2) is 35.2 Å². The third-order valence-electron chi connectivity index (χ3n) is 4.23. The fourth-order valence-electron chi connectivity index (χ4n) is 2.46. The fraction of sp³-hybridized carbons (Fsp3) is 0.571. The van der Waals surface area contributed by atoms with Gasteiger partial charge in [-0.25, -0.2) is 8.42 Å². The van der Waals surface area contributed by atoms with Crippen molar-refractivity contribution in [2.24, 2.45) is 0 Å². The predicted molar refractivity (Wildman–Crippen MR) is 76.5 cm³/mol. The largest absolute Gasteiger partial charge is 0.306 e. The molecule has 2 rings (SSSR count). The summed E-state index contributed by atoms with van der Waals surface area (Å²) in [5.74, 6) is 0. The van der Waals surface area contributed by atoms with Gasteiger partial charge in [-0.1, -0.05) is 18.2 Å². The van der Waals surface area contributed by atoms with Gasteiger partial charge in [0.25, 0.3) is 0 Å². The van der Waals surface area contributed by atoms with Crippen LogP contribution in [-0.2, 0) is 10.0 Å². The summed E-state index contributed by atoms with van der Waals surface area (Å²) in [5, 5.41) is 0. The van der Waals surface area contributed by atoms with Crippen LogP contribution in [0, 0.1) is 0 Å². The molecule has 1 aliphatic heterocycles. The van der Waals surface area contributed by atoms with Crippen LogP contribution < -0.4 is 0 Å². The van der Waals surface area contributed by atoms with Crippen LogP contribution in [-0.4, -0.2) is 50.3 Å². The van der Waals surface area contributed by atoms with E-state index in [9.17, 15) is 8.42 Å². The van der Waals surface area contributed by atoms with Crippen molar-refractivity contribution in [1.29, 1.82) is 0 Å². The topological polar surface area (TPSA) is 40.6 Å². The average molecular weight is 282 g/mol. The first-order chi connectivity index (χ1) is 8.86. The van der Waals surface area contributed by atoms with Crippen molar-refractivity contribution in [1.82, 2.24) is 9.21 Å². The van der Waals surface area contributed by atoms with Crippen LogP contribution >= 0.6 is 0 Å². The third kappa shape index (κ3) is 2.83. The lowest BCUT2D eigenvalue weighted by molar-refractivity contribution is 0.120. The van der Waals surface area contributed by atoms with Crippen LogP contribution in [0.4, 0.5) is 0 Å². The standard InChI is InChI=1S/C14H22N2O2S/c1-14(9-11-15(2)12-10-14)16(3)19(17,18)13-7-5-4-6-8-13/h4-8H,9-12H2,1-3H3. The molecular formula is C14H22N2O2S. The van der Waals surface area contributed by atoms with Crippen molar-refractivity contribution in [3.63, 3.8) is 0 Å². The van der Waals surface area contributed by atoms with Gasteiger partial charge in [-0.05, 0) is 52.0 Å². The molecule has 0 unspecified atom stereocenters. The van der Waals surface area contributed by atoms with E-state index in [-0.39, 0.29) is 5.54 Å². The molecule has 19 heavy (non-hydrogen) atoms. The summed E-state index contributed by atoms with van der Waals surface area (Å²) in [5.41, 5.74) is -0.290. The van der Waals surface area contributed by atoms with Crippen molar-refractivity contribution in [2.45, 2.75) is 30.2 Å². The molecule has 0 bridgehead atoms. The zero-order valence-electron chi connectivity index (χ0n) is 11.8. The van der Waals surface area contributed by atoms with Crippen LogP contribution in [0.1, 0.15) is 19.8 Å². The molecule has 4 nitrogen and oxygen atoms in total. The van der Waals surface area contributed by atoms with E-state index in [2.05, 4.69) is 11.9 Å². The Kier molecular flexibility index (Phi) is 3.99. The SMILES string of the molecule is CN1CCC(C)(N(C)S(=O)(=O)c2ccccc2)CC1. The number of rotatable bonds is 3. The number of hydrogen-bond donors (Lipinski definition) is 0. The van der Waals surface area contributed by atoms with Crippen LogP contribution in [0.5, 0.6) is 0 Å². The number of nitrogens with zero attached hydrogens (tertiary/aromatic N) is 2. The van der Waals surface area contributed by atoms with Gasteiger partial charge in [0.1, 0.15) is 0 Å². The number of sulfonamides is 1. The van der Waals surface area contributed by atoms with Crippen molar-refractivity contribution < 1.29 is 8.42 Å².